The molecule has 2 aromatic carbocycles. The maximum absolute atomic E-state index is 12.2. The molecule has 0 fully saturated rings. The molecule has 2 aromatic heterocycles. The summed E-state index contributed by atoms with van der Waals surface area (Å²) in [5.74, 6) is -0.0604. The van der Waals surface area contributed by atoms with Crippen molar-refractivity contribution in [1.29, 1.82) is 0 Å². The van der Waals surface area contributed by atoms with E-state index in [1.165, 1.54) is 17.3 Å². The molecule has 5 nitrogen and oxygen atoms in total. The molecule has 0 saturated carbocycles. The van der Waals surface area contributed by atoms with Gasteiger partial charge in [-0.15, -0.1) is 0 Å². The van der Waals surface area contributed by atoms with E-state index in [4.69, 9.17) is 4.42 Å². The van der Waals surface area contributed by atoms with E-state index < -0.39 is 0 Å². The normalized spacial score (nSPS) is 11.2. The second-order valence-corrected chi connectivity index (χ2v) is 5.80. The van der Waals surface area contributed by atoms with Crippen molar-refractivity contribution in [2.45, 2.75) is 20.3 Å². The van der Waals surface area contributed by atoms with Gasteiger partial charge in [-0.25, -0.2) is 4.98 Å². The number of aromatic nitrogens is 2. The number of hydrogen-bond acceptors (Lipinski definition) is 3. The predicted octanol–water partition coefficient (Wildman–Crippen LogP) is 4.43. The minimum absolute atomic E-state index is 0.236. The number of carbonyl (C=O) groups is 1. The Morgan fingerprint density at radius 3 is 2.88 bits per heavy atom. The fourth-order valence-electron chi connectivity index (χ4n) is 3.07. The predicted molar refractivity (Wildman–Crippen MR) is 94.4 cm³/mol. The number of hydrogen-bond donors (Lipinski definition) is 2. The first-order valence-corrected chi connectivity index (χ1v) is 7.92. The molecule has 0 aliphatic carbocycles. The molecule has 0 atom stereocenters. The molecule has 2 heterocycles. The Morgan fingerprint density at radius 1 is 1.25 bits per heavy atom. The number of para-hydroxylation sites is 1. The van der Waals surface area contributed by atoms with Gasteiger partial charge in [0.05, 0.1) is 5.69 Å². The van der Waals surface area contributed by atoms with Crippen molar-refractivity contribution >= 4 is 33.4 Å². The van der Waals surface area contributed by atoms with E-state index in [-0.39, 0.29) is 11.7 Å². The van der Waals surface area contributed by atoms with Crippen LogP contribution in [0.15, 0.2) is 47.2 Å². The molecule has 120 valence electrons. The number of aromatic amines is 1. The Hall–Kier alpha value is -3.08. The Morgan fingerprint density at radius 2 is 2.12 bits per heavy atom. The number of carbonyl (C=O) groups excluding carboxylic acids is 1. The largest absolute Gasteiger partial charge is 0.438 e. The third-order valence-corrected chi connectivity index (χ3v) is 4.31. The fourth-order valence-corrected chi connectivity index (χ4v) is 3.07. The van der Waals surface area contributed by atoms with Crippen molar-refractivity contribution in [1.82, 2.24) is 9.97 Å². The van der Waals surface area contributed by atoms with Gasteiger partial charge in [-0.2, -0.15) is 0 Å². The lowest BCUT2D eigenvalue weighted by molar-refractivity contribution is 0.0996. The van der Waals surface area contributed by atoms with Crippen LogP contribution in [0, 0.1) is 6.92 Å². The van der Waals surface area contributed by atoms with Crippen LogP contribution >= 0.6 is 0 Å². The molecule has 0 radical (unpaired) electrons. The van der Waals surface area contributed by atoms with Crippen LogP contribution < -0.4 is 5.32 Å². The summed E-state index contributed by atoms with van der Waals surface area (Å²) < 4.78 is 5.13. The minimum atomic E-state index is -0.297. The maximum Gasteiger partial charge on any atom is 0.293 e. The van der Waals surface area contributed by atoms with Crippen LogP contribution in [0.3, 0.4) is 0 Å². The number of rotatable bonds is 3. The highest BCUT2D eigenvalue weighted by molar-refractivity contribution is 6.10. The van der Waals surface area contributed by atoms with E-state index in [1.807, 2.05) is 18.2 Å². The van der Waals surface area contributed by atoms with Gasteiger partial charge >= 0.3 is 0 Å². The number of oxazole rings is 1. The summed E-state index contributed by atoms with van der Waals surface area (Å²) in [6, 6.07) is 12.2. The highest BCUT2D eigenvalue weighted by Crippen LogP contribution is 2.29. The van der Waals surface area contributed by atoms with E-state index >= 15 is 0 Å². The van der Waals surface area contributed by atoms with Gasteiger partial charge in [0.15, 0.2) is 6.39 Å². The van der Waals surface area contributed by atoms with E-state index in [1.54, 1.807) is 6.92 Å². The minimum Gasteiger partial charge on any atom is -0.438 e. The van der Waals surface area contributed by atoms with Crippen molar-refractivity contribution < 1.29 is 9.21 Å². The van der Waals surface area contributed by atoms with Crippen LogP contribution in [0.25, 0.3) is 21.8 Å². The van der Waals surface area contributed by atoms with Gasteiger partial charge in [-0.05, 0) is 31.0 Å². The molecule has 2 N–H and O–H groups in total. The molecule has 0 spiro atoms. The average molecular weight is 319 g/mol. The van der Waals surface area contributed by atoms with Crippen LogP contribution in [-0.4, -0.2) is 15.9 Å². The standard InChI is InChI=1S/C19H17N3O2/c1-3-12-5-4-6-15-14-8-7-13(9-16(14)22-17(12)15)21-19(23)18-11(2)20-10-24-18/h4-10,22H,3H2,1-2H3,(H,21,23). The van der Waals surface area contributed by atoms with Crippen molar-refractivity contribution in [3.8, 4) is 0 Å². The van der Waals surface area contributed by atoms with Gasteiger partial charge in [-0.1, -0.05) is 31.2 Å². The highest BCUT2D eigenvalue weighted by Gasteiger charge is 2.15. The third kappa shape index (κ3) is 2.25. The molecule has 0 aliphatic rings. The topological polar surface area (TPSA) is 70.9 Å². The molecule has 0 aliphatic heterocycles. The average Bonchev–Trinajstić information content (AvgIpc) is 3.17. The molecule has 0 bridgehead atoms. The summed E-state index contributed by atoms with van der Waals surface area (Å²) >= 11 is 0. The number of H-pyrrole nitrogens is 1. The van der Waals surface area contributed by atoms with Crippen LogP contribution in [0.2, 0.25) is 0 Å². The Labute approximate surface area is 138 Å². The zero-order valence-electron chi connectivity index (χ0n) is 13.5. The van der Waals surface area contributed by atoms with Crippen LogP contribution in [-0.2, 0) is 6.42 Å². The van der Waals surface area contributed by atoms with Gasteiger partial charge in [0.1, 0.15) is 0 Å². The van der Waals surface area contributed by atoms with Crippen molar-refractivity contribution in [3.05, 3.63) is 59.8 Å². The second-order valence-electron chi connectivity index (χ2n) is 5.80. The number of benzene rings is 2. The molecule has 4 aromatic rings. The summed E-state index contributed by atoms with van der Waals surface area (Å²) in [7, 11) is 0. The molecule has 24 heavy (non-hydrogen) atoms. The van der Waals surface area contributed by atoms with E-state index in [2.05, 4.69) is 40.4 Å². The van der Waals surface area contributed by atoms with Crippen molar-refractivity contribution in [2.24, 2.45) is 0 Å². The molecular formula is C19H17N3O2. The molecule has 4 rings (SSSR count). The SMILES string of the molecule is CCc1cccc2c1[nH]c1cc(NC(=O)c3ocnc3C)ccc12. The van der Waals surface area contributed by atoms with Gasteiger partial charge in [0.25, 0.3) is 5.91 Å². The van der Waals surface area contributed by atoms with Crippen LogP contribution in [0.4, 0.5) is 5.69 Å². The lowest BCUT2D eigenvalue weighted by atomic mass is 10.1. The summed E-state index contributed by atoms with van der Waals surface area (Å²) in [6.45, 7) is 3.89. The third-order valence-electron chi connectivity index (χ3n) is 4.31. The Balaban J connectivity index is 1.74. The zero-order chi connectivity index (χ0) is 16.7. The lowest BCUT2D eigenvalue weighted by Gasteiger charge is -2.03. The first-order valence-electron chi connectivity index (χ1n) is 7.92. The van der Waals surface area contributed by atoms with E-state index in [0.717, 1.165) is 22.8 Å². The van der Waals surface area contributed by atoms with Crippen LogP contribution in [0.5, 0.6) is 0 Å². The lowest BCUT2D eigenvalue weighted by Crippen LogP contribution is -2.12. The molecule has 0 unspecified atom stereocenters. The van der Waals surface area contributed by atoms with Gasteiger partial charge in [-0.3, -0.25) is 4.79 Å². The quantitative estimate of drug-likeness (QED) is 0.587. The number of nitrogens with zero attached hydrogens (tertiary/aromatic N) is 1. The Bertz CT molecular complexity index is 1060. The van der Waals surface area contributed by atoms with Gasteiger partial charge in [0.2, 0.25) is 5.76 Å². The number of anilines is 1. The number of aryl methyl sites for hydroxylation is 2. The number of nitrogens with one attached hydrogen (secondary N) is 2. The molecule has 1 amide bonds. The molecule has 0 saturated heterocycles. The molecule has 5 heteroatoms. The smallest absolute Gasteiger partial charge is 0.293 e. The van der Waals surface area contributed by atoms with Crippen molar-refractivity contribution in [3.63, 3.8) is 0 Å². The van der Waals surface area contributed by atoms with Crippen molar-refractivity contribution in [2.75, 3.05) is 5.32 Å². The Kier molecular flexibility index (Phi) is 3.34. The fraction of sp³-hybridized carbons (Fsp3) is 0.158. The van der Waals surface area contributed by atoms with Crippen LogP contribution in [0.1, 0.15) is 28.7 Å². The summed E-state index contributed by atoms with van der Waals surface area (Å²) in [5.41, 5.74) is 4.73. The number of fused-ring (bicyclic) bond motifs is 3. The molecular weight excluding hydrogens is 302 g/mol. The summed E-state index contributed by atoms with van der Waals surface area (Å²) in [6.07, 6.45) is 2.25. The number of amides is 1. The first-order chi connectivity index (χ1) is 11.7. The second kappa shape index (κ2) is 5.53. The van der Waals surface area contributed by atoms with E-state index in [9.17, 15) is 4.79 Å². The summed E-state index contributed by atoms with van der Waals surface area (Å²) in [4.78, 5) is 19.7. The first kappa shape index (κ1) is 14.5. The maximum atomic E-state index is 12.2. The van der Waals surface area contributed by atoms with E-state index in [0.29, 0.717) is 11.4 Å². The monoisotopic (exact) mass is 319 g/mol. The summed E-state index contributed by atoms with van der Waals surface area (Å²) in [5, 5.41) is 5.21. The van der Waals surface area contributed by atoms with Gasteiger partial charge in [0, 0.05) is 27.5 Å². The zero-order valence-corrected chi connectivity index (χ0v) is 13.5. The highest BCUT2D eigenvalue weighted by atomic mass is 16.3. The van der Waals surface area contributed by atoms with Gasteiger partial charge < -0.3 is 14.7 Å².